The van der Waals surface area contributed by atoms with E-state index in [1.165, 1.54) is 11.8 Å². The van der Waals surface area contributed by atoms with E-state index in [0.29, 0.717) is 24.8 Å². The summed E-state index contributed by atoms with van der Waals surface area (Å²) in [5.74, 6) is 2.02. The SMILES string of the molecule is Cc1noc(C)c1CSc1ccc(S(=O)(=O)N2CCC(Cc3ccccc3)CC2)cn1. The molecule has 2 aromatic heterocycles. The molecule has 6 nitrogen and oxygen atoms in total. The van der Waals surface area contributed by atoms with Crippen molar-refractivity contribution in [3.8, 4) is 0 Å². The summed E-state index contributed by atoms with van der Waals surface area (Å²) in [7, 11) is -3.51. The molecule has 164 valence electrons. The summed E-state index contributed by atoms with van der Waals surface area (Å²) in [5, 5.41) is 4.74. The van der Waals surface area contributed by atoms with Gasteiger partial charge in [-0.3, -0.25) is 0 Å². The smallest absolute Gasteiger partial charge is 0.244 e. The normalized spacial score (nSPS) is 15.9. The van der Waals surface area contributed by atoms with Gasteiger partial charge in [-0.25, -0.2) is 13.4 Å². The lowest BCUT2D eigenvalue weighted by atomic mass is 9.91. The summed E-state index contributed by atoms with van der Waals surface area (Å²) < 4.78 is 32.9. The standard InChI is InChI=1S/C23H27N3O3S2/c1-17-22(18(2)29-25-17)16-30-23-9-8-21(15-24-23)31(27,28)26-12-10-20(11-13-26)14-19-6-4-3-5-7-19/h3-9,15,20H,10-14,16H2,1-2H3. The predicted octanol–water partition coefficient (Wildman–Crippen LogP) is 4.62. The van der Waals surface area contributed by atoms with E-state index in [-0.39, 0.29) is 4.90 Å². The van der Waals surface area contributed by atoms with Gasteiger partial charge < -0.3 is 4.52 Å². The average Bonchev–Trinajstić information content (AvgIpc) is 3.11. The highest BCUT2D eigenvalue weighted by Gasteiger charge is 2.29. The van der Waals surface area contributed by atoms with Gasteiger partial charge in [0, 0.05) is 30.6 Å². The first-order valence-corrected chi connectivity index (χ1v) is 12.9. The first kappa shape index (κ1) is 22.0. The number of benzene rings is 1. The van der Waals surface area contributed by atoms with Crippen molar-refractivity contribution >= 4 is 21.8 Å². The van der Waals surface area contributed by atoms with Crippen molar-refractivity contribution in [2.24, 2.45) is 5.92 Å². The number of aryl methyl sites for hydroxylation is 2. The summed E-state index contributed by atoms with van der Waals surface area (Å²) in [6.07, 6.45) is 4.24. The zero-order chi connectivity index (χ0) is 21.8. The van der Waals surface area contributed by atoms with Crippen LogP contribution in [0.3, 0.4) is 0 Å². The molecule has 3 heterocycles. The highest BCUT2D eigenvalue weighted by molar-refractivity contribution is 7.98. The van der Waals surface area contributed by atoms with E-state index in [1.807, 2.05) is 19.9 Å². The number of pyridine rings is 1. The second-order valence-electron chi connectivity index (χ2n) is 7.96. The van der Waals surface area contributed by atoms with Crippen LogP contribution in [0.4, 0.5) is 0 Å². The van der Waals surface area contributed by atoms with Crippen LogP contribution < -0.4 is 0 Å². The van der Waals surface area contributed by atoms with Crippen molar-refractivity contribution in [2.75, 3.05) is 13.1 Å². The fraction of sp³-hybridized carbons (Fsp3) is 0.391. The number of hydrogen-bond donors (Lipinski definition) is 0. The predicted molar refractivity (Wildman–Crippen MR) is 121 cm³/mol. The summed E-state index contributed by atoms with van der Waals surface area (Å²) in [4.78, 5) is 4.64. The Labute approximate surface area is 188 Å². The van der Waals surface area contributed by atoms with Crippen molar-refractivity contribution in [1.29, 1.82) is 0 Å². The molecule has 0 amide bonds. The van der Waals surface area contributed by atoms with Gasteiger partial charge >= 0.3 is 0 Å². The summed E-state index contributed by atoms with van der Waals surface area (Å²) >= 11 is 1.54. The van der Waals surface area contributed by atoms with Crippen LogP contribution >= 0.6 is 11.8 Å². The van der Waals surface area contributed by atoms with Crippen molar-refractivity contribution < 1.29 is 12.9 Å². The Morgan fingerprint density at radius 1 is 1.10 bits per heavy atom. The van der Waals surface area contributed by atoms with Crippen molar-refractivity contribution in [3.63, 3.8) is 0 Å². The van der Waals surface area contributed by atoms with Crippen molar-refractivity contribution in [2.45, 2.75) is 48.8 Å². The Hall–Kier alpha value is -2.16. The van der Waals surface area contributed by atoms with Crippen LogP contribution in [0.25, 0.3) is 0 Å². The minimum Gasteiger partial charge on any atom is -0.361 e. The summed E-state index contributed by atoms with van der Waals surface area (Å²) in [5.41, 5.74) is 3.25. The first-order chi connectivity index (χ1) is 14.9. The molecule has 1 aliphatic rings. The quantitative estimate of drug-likeness (QED) is 0.482. The van der Waals surface area contributed by atoms with Gasteiger partial charge in [-0.2, -0.15) is 4.31 Å². The number of aromatic nitrogens is 2. The molecule has 0 aliphatic carbocycles. The molecule has 4 rings (SSSR count). The van der Waals surface area contributed by atoms with E-state index >= 15 is 0 Å². The zero-order valence-corrected chi connectivity index (χ0v) is 19.5. The van der Waals surface area contributed by atoms with Gasteiger partial charge in [-0.1, -0.05) is 35.5 Å². The van der Waals surface area contributed by atoms with Gasteiger partial charge in [0.1, 0.15) is 10.7 Å². The molecule has 0 spiro atoms. The molecule has 0 saturated carbocycles. The molecule has 0 atom stereocenters. The van der Waals surface area contributed by atoms with E-state index in [0.717, 1.165) is 41.3 Å². The Bertz CT molecular complexity index is 1090. The zero-order valence-electron chi connectivity index (χ0n) is 17.8. The fourth-order valence-electron chi connectivity index (χ4n) is 3.91. The van der Waals surface area contributed by atoms with E-state index in [1.54, 1.807) is 28.2 Å². The lowest BCUT2D eigenvalue weighted by Gasteiger charge is -2.31. The van der Waals surface area contributed by atoms with Crippen molar-refractivity contribution in [1.82, 2.24) is 14.4 Å². The summed E-state index contributed by atoms with van der Waals surface area (Å²) in [6, 6.07) is 13.8. The molecule has 3 aromatic rings. The minimum atomic E-state index is -3.51. The van der Waals surface area contributed by atoms with Crippen LogP contribution in [0, 0.1) is 19.8 Å². The third-order valence-electron chi connectivity index (χ3n) is 5.83. The number of thioether (sulfide) groups is 1. The second-order valence-corrected chi connectivity index (χ2v) is 10.9. The number of piperidine rings is 1. The molecule has 1 fully saturated rings. The Kier molecular flexibility index (Phi) is 6.79. The molecular formula is C23H27N3O3S2. The van der Waals surface area contributed by atoms with Crippen LogP contribution in [-0.4, -0.2) is 36.0 Å². The van der Waals surface area contributed by atoms with Gasteiger partial charge in [-0.05, 0) is 56.7 Å². The summed E-state index contributed by atoms with van der Waals surface area (Å²) in [6.45, 7) is 4.92. The van der Waals surface area contributed by atoms with E-state index in [2.05, 4.69) is 34.4 Å². The monoisotopic (exact) mass is 457 g/mol. The molecule has 1 saturated heterocycles. The van der Waals surface area contributed by atoms with E-state index in [4.69, 9.17) is 4.52 Å². The van der Waals surface area contributed by atoms with Gasteiger partial charge in [0.05, 0.1) is 10.7 Å². The molecule has 31 heavy (non-hydrogen) atoms. The largest absolute Gasteiger partial charge is 0.361 e. The first-order valence-electron chi connectivity index (χ1n) is 10.5. The number of rotatable bonds is 7. The van der Waals surface area contributed by atoms with Crippen molar-refractivity contribution in [3.05, 3.63) is 71.2 Å². The number of nitrogens with zero attached hydrogens (tertiary/aromatic N) is 3. The Morgan fingerprint density at radius 3 is 2.45 bits per heavy atom. The molecule has 1 aliphatic heterocycles. The lowest BCUT2D eigenvalue weighted by Crippen LogP contribution is -2.38. The van der Waals surface area contributed by atoms with Crippen LogP contribution in [0.15, 0.2) is 63.1 Å². The molecular weight excluding hydrogens is 430 g/mol. The van der Waals surface area contributed by atoms with Crippen LogP contribution in [0.1, 0.15) is 35.4 Å². The molecule has 0 radical (unpaired) electrons. The van der Waals surface area contributed by atoms with Crippen LogP contribution in [0.2, 0.25) is 0 Å². The third-order valence-corrected chi connectivity index (χ3v) is 8.69. The van der Waals surface area contributed by atoms with Gasteiger partial charge in [0.25, 0.3) is 0 Å². The minimum absolute atomic E-state index is 0.260. The molecule has 8 heteroatoms. The van der Waals surface area contributed by atoms with E-state index in [9.17, 15) is 8.42 Å². The van der Waals surface area contributed by atoms with E-state index < -0.39 is 10.0 Å². The second kappa shape index (κ2) is 9.54. The maximum atomic E-state index is 13.1. The average molecular weight is 458 g/mol. The maximum absolute atomic E-state index is 13.1. The Balaban J connectivity index is 1.34. The highest BCUT2D eigenvalue weighted by Crippen LogP contribution is 2.28. The lowest BCUT2D eigenvalue weighted by molar-refractivity contribution is 0.273. The molecule has 0 unspecified atom stereocenters. The van der Waals surface area contributed by atoms with Gasteiger partial charge in [-0.15, -0.1) is 11.8 Å². The molecule has 1 aromatic carbocycles. The third kappa shape index (κ3) is 5.19. The molecule has 0 bridgehead atoms. The topological polar surface area (TPSA) is 76.3 Å². The van der Waals surface area contributed by atoms with Crippen LogP contribution in [-0.2, 0) is 22.2 Å². The van der Waals surface area contributed by atoms with Crippen LogP contribution in [0.5, 0.6) is 0 Å². The number of hydrogen-bond acceptors (Lipinski definition) is 6. The van der Waals surface area contributed by atoms with Gasteiger partial charge in [0.2, 0.25) is 10.0 Å². The Morgan fingerprint density at radius 2 is 1.84 bits per heavy atom. The van der Waals surface area contributed by atoms with Gasteiger partial charge in [0.15, 0.2) is 0 Å². The maximum Gasteiger partial charge on any atom is 0.244 e. The molecule has 0 N–H and O–H groups in total. The highest BCUT2D eigenvalue weighted by atomic mass is 32.2. The fourth-order valence-corrected chi connectivity index (χ4v) is 6.32. The number of sulfonamides is 1.